The van der Waals surface area contributed by atoms with E-state index in [1.165, 1.54) is 0 Å². The molecule has 116 valence electrons. The predicted molar refractivity (Wildman–Crippen MR) is 92.7 cm³/mol. The van der Waals surface area contributed by atoms with E-state index in [2.05, 4.69) is 15.9 Å². The van der Waals surface area contributed by atoms with Crippen LogP contribution < -0.4 is 15.9 Å². The summed E-state index contributed by atoms with van der Waals surface area (Å²) in [6.07, 6.45) is -0.315. The van der Waals surface area contributed by atoms with Crippen molar-refractivity contribution in [2.24, 2.45) is 5.73 Å². The van der Waals surface area contributed by atoms with E-state index in [0.717, 1.165) is 15.6 Å². The van der Waals surface area contributed by atoms with Gasteiger partial charge in [0.25, 0.3) is 0 Å². The van der Waals surface area contributed by atoms with Gasteiger partial charge in [-0.25, -0.2) is 0 Å². The molecular weight excluding hydrogens is 368 g/mol. The zero-order valence-electron chi connectivity index (χ0n) is 11.7. The monoisotopic (exact) mass is 383 g/mol. The summed E-state index contributed by atoms with van der Waals surface area (Å²) in [6.45, 7) is 0.750. The first-order valence-electron chi connectivity index (χ1n) is 6.73. The average molecular weight is 384 g/mol. The molecule has 2 aromatic rings. The molecule has 0 bridgehead atoms. The fourth-order valence-electron chi connectivity index (χ4n) is 2.50. The van der Waals surface area contributed by atoms with Gasteiger partial charge < -0.3 is 20.1 Å². The highest BCUT2D eigenvalue weighted by molar-refractivity contribution is 9.10. The Kier molecular flexibility index (Phi) is 5.89. The summed E-state index contributed by atoms with van der Waals surface area (Å²) in [7, 11) is -1.00. The van der Waals surface area contributed by atoms with Crippen LogP contribution in [0.2, 0.25) is 0 Å². The van der Waals surface area contributed by atoms with Crippen LogP contribution in [-0.2, 0) is 11.3 Å². The van der Waals surface area contributed by atoms with Gasteiger partial charge in [-0.05, 0) is 23.3 Å². The smallest absolute Gasteiger partial charge is 0.489 e. The molecule has 0 aliphatic carbocycles. The molecule has 0 amide bonds. The molecule has 0 aromatic heterocycles. The first-order valence-corrected chi connectivity index (χ1v) is 7.52. The molecule has 2 aromatic carbocycles. The standard InChI is InChI=1S/C15H15BBrNO3.ClH/c17-11-6-7-12(20-9-10-4-2-1-3-5-10)15-14(11)13(8-18)21-16(15)19;/h1-7,13,19H,8-9,18H2;1H. The number of hydrogen-bond donors (Lipinski definition) is 2. The maximum atomic E-state index is 10.1. The second-order valence-corrected chi connectivity index (χ2v) is 5.71. The number of fused-ring (bicyclic) bond motifs is 1. The van der Waals surface area contributed by atoms with E-state index in [0.29, 0.717) is 24.4 Å². The molecule has 0 saturated carbocycles. The maximum Gasteiger partial charge on any atom is 0.495 e. The first-order chi connectivity index (χ1) is 10.2. The summed E-state index contributed by atoms with van der Waals surface area (Å²) in [6, 6.07) is 13.6. The largest absolute Gasteiger partial charge is 0.495 e. The van der Waals surface area contributed by atoms with Crippen LogP contribution in [0, 0.1) is 0 Å². The fourth-order valence-corrected chi connectivity index (χ4v) is 3.10. The summed E-state index contributed by atoms with van der Waals surface area (Å²) in [5, 5.41) is 10.1. The highest BCUT2D eigenvalue weighted by Crippen LogP contribution is 2.33. The minimum atomic E-state index is -1.00. The molecule has 0 spiro atoms. The highest BCUT2D eigenvalue weighted by Gasteiger charge is 2.38. The molecule has 0 fully saturated rings. The Morgan fingerprint density at radius 1 is 1.23 bits per heavy atom. The molecule has 3 N–H and O–H groups in total. The van der Waals surface area contributed by atoms with Gasteiger partial charge in [0.05, 0.1) is 6.10 Å². The lowest BCUT2D eigenvalue weighted by atomic mass is 9.78. The Labute approximate surface area is 144 Å². The van der Waals surface area contributed by atoms with E-state index in [9.17, 15) is 5.02 Å². The maximum absolute atomic E-state index is 10.1. The zero-order chi connectivity index (χ0) is 14.8. The number of halogens is 2. The van der Waals surface area contributed by atoms with E-state index in [1.807, 2.05) is 42.5 Å². The molecule has 0 saturated heterocycles. The summed E-state index contributed by atoms with van der Waals surface area (Å²) in [4.78, 5) is 0. The van der Waals surface area contributed by atoms with Crippen molar-refractivity contribution < 1.29 is 14.4 Å². The quantitative estimate of drug-likeness (QED) is 0.793. The Balaban J connectivity index is 0.00000176. The summed E-state index contributed by atoms with van der Waals surface area (Å²) in [5.74, 6) is 0.625. The molecule has 1 aliphatic rings. The molecule has 0 radical (unpaired) electrons. The topological polar surface area (TPSA) is 64.7 Å². The third kappa shape index (κ3) is 3.31. The van der Waals surface area contributed by atoms with Crippen molar-refractivity contribution in [2.45, 2.75) is 12.7 Å². The van der Waals surface area contributed by atoms with Gasteiger partial charge in [-0.3, -0.25) is 0 Å². The third-order valence-corrected chi connectivity index (χ3v) is 4.20. The molecule has 1 atom stereocenters. The van der Waals surface area contributed by atoms with Gasteiger partial charge in [0.2, 0.25) is 0 Å². The van der Waals surface area contributed by atoms with Crippen molar-refractivity contribution in [1.29, 1.82) is 0 Å². The van der Waals surface area contributed by atoms with Crippen molar-refractivity contribution in [3.63, 3.8) is 0 Å². The van der Waals surface area contributed by atoms with Crippen LogP contribution in [0.15, 0.2) is 46.9 Å². The Hall–Kier alpha value is -1.05. The highest BCUT2D eigenvalue weighted by atomic mass is 79.9. The van der Waals surface area contributed by atoms with Gasteiger partial charge in [-0.2, -0.15) is 0 Å². The van der Waals surface area contributed by atoms with Gasteiger partial charge in [0.1, 0.15) is 12.4 Å². The van der Waals surface area contributed by atoms with Crippen LogP contribution in [0.1, 0.15) is 17.2 Å². The molecule has 4 nitrogen and oxygen atoms in total. The van der Waals surface area contributed by atoms with Gasteiger partial charge in [-0.1, -0.05) is 46.3 Å². The molecule has 7 heteroatoms. The van der Waals surface area contributed by atoms with E-state index in [4.69, 9.17) is 15.1 Å². The van der Waals surface area contributed by atoms with Crippen LogP contribution >= 0.6 is 28.3 Å². The minimum absolute atomic E-state index is 0. The Bertz CT molecular complexity index is 644. The Morgan fingerprint density at radius 3 is 2.64 bits per heavy atom. The number of ether oxygens (including phenoxy) is 1. The third-order valence-electron chi connectivity index (χ3n) is 3.51. The average Bonchev–Trinajstić information content (AvgIpc) is 2.86. The van der Waals surface area contributed by atoms with E-state index in [1.54, 1.807) is 0 Å². The van der Waals surface area contributed by atoms with E-state index >= 15 is 0 Å². The van der Waals surface area contributed by atoms with Crippen LogP contribution in [0.25, 0.3) is 0 Å². The zero-order valence-corrected chi connectivity index (χ0v) is 14.1. The normalized spacial score (nSPS) is 16.1. The van der Waals surface area contributed by atoms with Crippen molar-refractivity contribution in [1.82, 2.24) is 0 Å². The SMILES string of the molecule is Cl.NCC1OB(O)c2c(OCc3ccccc3)ccc(Br)c21. The van der Waals surface area contributed by atoms with Crippen molar-refractivity contribution in [3.8, 4) is 5.75 Å². The molecule has 1 heterocycles. The molecule has 22 heavy (non-hydrogen) atoms. The first kappa shape index (κ1) is 17.3. The summed E-state index contributed by atoms with van der Waals surface area (Å²) < 4.78 is 12.2. The molecule has 1 aliphatic heterocycles. The summed E-state index contributed by atoms with van der Waals surface area (Å²) in [5.41, 5.74) is 8.30. The molecule has 1 unspecified atom stereocenters. The molecular formula is C15H16BBrClNO3. The second kappa shape index (κ2) is 7.48. The van der Waals surface area contributed by atoms with Crippen LogP contribution in [-0.4, -0.2) is 18.7 Å². The van der Waals surface area contributed by atoms with Gasteiger partial charge >= 0.3 is 7.12 Å². The fraction of sp³-hybridized carbons (Fsp3) is 0.200. The van der Waals surface area contributed by atoms with Crippen LogP contribution in [0.3, 0.4) is 0 Å². The van der Waals surface area contributed by atoms with E-state index < -0.39 is 7.12 Å². The Morgan fingerprint density at radius 2 is 1.95 bits per heavy atom. The van der Waals surface area contributed by atoms with Crippen molar-refractivity contribution in [3.05, 3.63) is 58.1 Å². The van der Waals surface area contributed by atoms with Crippen LogP contribution in [0.4, 0.5) is 0 Å². The number of nitrogens with two attached hydrogens (primary N) is 1. The van der Waals surface area contributed by atoms with Crippen molar-refractivity contribution in [2.75, 3.05) is 6.54 Å². The summed E-state index contributed by atoms with van der Waals surface area (Å²) >= 11 is 3.48. The lowest BCUT2D eigenvalue weighted by Crippen LogP contribution is -2.30. The van der Waals surface area contributed by atoms with Gasteiger partial charge in [-0.15, -0.1) is 12.4 Å². The number of hydrogen-bond acceptors (Lipinski definition) is 4. The van der Waals surface area contributed by atoms with Crippen molar-refractivity contribution >= 4 is 40.9 Å². The number of rotatable bonds is 4. The number of benzene rings is 2. The minimum Gasteiger partial charge on any atom is -0.489 e. The van der Waals surface area contributed by atoms with Crippen LogP contribution in [0.5, 0.6) is 5.75 Å². The van der Waals surface area contributed by atoms with Gasteiger partial charge in [0.15, 0.2) is 0 Å². The van der Waals surface area contributed by atoms with Gasteiger partial charge in [0, 0.05) is 16.5 Å². The molecule has 3 rings (SSSR count). The lowest BCUT2D eigenvalue weighted by Gasteiger charge is -2.13. The van der Waals surface area contributed by atoms with E-state index in [-0.39, 0.29) is 18.5 Å². The lowest BCUT2D eigenvalue weighted by molar-refractivity contribution is 0.197. The predicted octanol–water partition coefficient (Wildman–Crippen LogP) is 2.17. The second-order valence-electron chi connectivity index (χ2n) is 4.86.